The molecule has 1 aromatic heterocycles. The van der Waals surface area contributed by atoms with E-state index >= 15 is 0 Å². The summed E-state index contributed by atoms with van der Waals surface area (Å²) in [5.41, 5.74) is 6.78. The van der Waals surface area contributed by atoms with E-state index in [0.29, 0.717) is 5.69 Å². The average Bonchev–Trinajstić information content (AvgIpc) is 2.49. The number of anilines is 2. The summed E-state index contributed by atoms with van der Waals surface area (Å²) < 4.78 is 19.4. The van der Waals surface area contributed by atoms with Crippen molar-refractivity contribution in [3.05, 3.63) is 34.2 Å². The van der Waals surface area contributed by atoms with Crippen molar-refractivity contribution in [3.8, 4) is 11.4 Å². The lowest BCUT2D eigenvalue weighted by molar-refractivity contribution is 0.0594. The average molecular weight is 339 g/mol. The molecule has 122 valence electrons. The number of hydrogen-bond donors (Lipinski definition) is 1. The number of methoxy groups -OCH3 is 1. The van der Waals surface area contributed by atoms with Crippen LogP contribution in [0.15, 0.2) is 12.1 Å². The highest BCUT2D eigenvalue weighted by atomic mass is 35.5. The van der Waals surface area contributed by atoms with Crippen LogP contribution in [0.5, 0.6) is 0 Å². The first kappa shape index (κ1) is 17.0. The molecule has 0 atom stereocenters. The number of benzene rings is 1. The lowest BCUT2D eigenvalue weighted by Crippen LogP contribution is -2.14. The predicted molar refractivity (Wildman–Crippen MR) is 87.3 cm³/mol. The van der Waals surface area contributed by atoms with Crippen LogP contribution < -0.4 is 10.6 Å². The van der Waals surface area contributed by atoms with Crippen molar-refractivity contribution in [1.29, 1.82) is 0 Å². The number of carbonyl (C=O) groups is 1. The number of aromatic nitrogens is 2. The molecule has 23 heavy (non-hydrogen) atoms. The van der Waals surface area contributed by atoms with Gasteiger partial charge in [-0.25, -0.2) is 19.2 Å². The van der Waals surface area contributed by atoms with Gasteiger partial charge < -0.3 is 15.4 Å². The van der Waals surface area contributed by atoms with E-state index in [1.54, 1.807) is 32.0 Å². The molecule has 8 heteroatoms. The molecule has 0 saturated carbocycles. The fraction of sp³-hybridized carbons (Fsp3) is 0.267. The molecule has 0 saturated heterocycles. The second-order valence-corrected chi connectivity index (χ2v) is 5.45. The van der Waals surface area contributed by atoms with Gasteiger partial charge in [-0.2, -0.15) is 0 Å². The maximum Gasteiger partial charge on any atom is 0.358 e. The minimum Gasteiger partial charge on any atom is -0.464 e. The molecule has 0 radical (unpaired) electrons. The Balaban J connectivity index is 2.71. The van der Waals surface area contributed by atoms with Gasteiger partial charge in [0, 0.05) is 14.1 Å². The van der Waals surface area contributed by atoms with Crippen LogP contribution in [0.2, 0.25) is 5.02 Å². The molecule has 0 amide bonds. The normalized spacial score (nSPS) is 10.5. The second kappa shape index (κ2) is 6.37. The van der Waals surface area contributed by atoms with Gasteiger partial charge in [0.05, 0.1) is 18.4 Å². The van der Waals surface area contributed by atoms with E-state index in [-0.39, 0.29) is 27.9 Å². The summed E-state index contributed by atoms with van der Waals surface area (Å²) in [6.07, 6.45) is 0. The summed E-state index contributed by atoms with van der Waals surface area (Å²) in [5, 5.41) is -0.124. The zero-order valence-corrected chi connectivity index (χ0v) is 13.9. The van der Waals surface area contributed by atoms with Crippen molar-refractivity contribution >= 4 is 29.1 Å². The van der Waals surface area contributed by atoms with Gasteiger partial charge in [0.15, 0.2) is 17.3 Å². The summed E-state index contributed by atoms with van der Waals surface area (Å²) in [4.78, 5) is 21.4. The summed E-state index contributed by atoms with van der Waals surface area (Å²) in [6, 6.07) is 3.27. The van der Waals surface area contributed by atoms with Crippen LogP contribution in [0, 0.1) is 12.7 Å². The zero-order valence-electron chi connectivity index (χ0n) is 13.1. The van der Waals surface area contributed by atoms with E-state index in [1.165, 1.54) is 13.2 Å². The van der Waals surface area contributed by atoms with Crippen LogP contribution in [0.1, 0.15) is 16.1 Å². The maximum absolute atomic E-state index is 14.8. The fourth-order valence-corrected chi connectivity index (χ4v) is 2.36. The van der Waals surface area contributed by atoms with Crippen molar-refractivity contribution < 1.29 is 13.9 Å². The highest BCUT2D eigenvalue weighted by molar-refractivity contribution is 6.35. The Labute approximate surface area is 138 Å². The van der Waals surface area contributed by atoms with Crippen molar-refractivity contribution in [1.82, 2.24) is 9.97 Å². The summed E-state index contributed by atoms with van der Waals surface area (Å²) in [6.45, 7) is 1.79. The highest BCUT2D eigenvalue weighted by Crippen LogP contribution is 2.32. The van der Waals surface area contributed by atoms with Crippen LogP contribution in [0.25, 0.3) is 11.4 Å². The van der Waals surface area contributed by atoms with Crippen molar-refractivity contribution in [2.24, 2.45) is 0 Å². The van der Waals surface area contributed by atoms with Crippen LogP contribution >= 0.6 is 11.6 Å². The highest BCUT2D eigenvalue weighted by Gasteiger charge is 2.22. The number of hydrogen-bond acceptors (Lipinski definition) is 6. The molecule has 0 unspecified atom stereocenters. The van der Waals surface area contributed by atoms with Gasteiger partial charge in [-0.3, -0.25) is 0 Å². The number of rotatable bonds is 3. The molecule has 6 nitrogen and oxygen atoms in total. The summed E-state index contributed by atoms with van der Waals surface area (Å²) in [7, 11) is 4.64. The molecule has 0 spiro atoms. The molecule has 0 bridgehead atoms. The standard InChI is InChI=1S/C15H16ClFN4O2/c1-7-5-6-8(10(17)12(7)21(2)3)14-19-11(15(22)23-4)9(16)13(18)20-14/h5-6H,1-4H3,(H2,18,19,20). The molecule has 0 aliphatic heterocycles. The smallest absolute Gasteiger partial charge is 0.358 e. The number of halogens is 2. The molecule has 0 fully saturated rings. The zero-order chi connectivity index (χ0) is 17.3. The molecule has 2 rings (SSSR count). The molecule has 0 aliphatic carbocycles. The number of aryl methyl sites for hydroxylation is 1. The minimum absolute atomic E-state index is 0.0344. The monoisotopic (exact) mass is 338 g/mol. The molecule has 2 N–H and O–H groups in total. The first-order valence-electron chi connectivity index (χ1n) is 6.66. The van der Waals surface area contributed by atoms with E-state index < -0.39 is 11.8 Å². The van der Waals surface area contributed by atoms with E-state index in [1.807, 2.05) is 0 Å². The van der Waals surface area contributed by atoms with Gasteiger partial charge >= 0.3 is 5.97 Å². The quantitative estimate of drug-likeness (QED) is 0.866. The topological polar surface area (TPSA) is 81.3 Å². The summed E-state index contributed by atoms with van der Waals surface area (Å²) in [5.74, 6) is -1.44. The number of esters is 1. The Hall–Kier alpha value is -2.41. The van der Waals surface area contributed by atoms with Crippen molar-refractivity contribution in [2.45, 2.75) is 6.92 Å². The number of ether oxygens (including phenoxy) is 1. The first-order chi connectivity index (χ1) is 10.8. The largest absolute Gasteiger partial charge is 0.464 e. The third-order valence-corrected chi connectivity index (χ3v) is 3.63. The molecule has 1 heterocycles. The predicted octanol–water partition coefficient (Wildman–Crippen LogP) is 2.68. The number of nitrogen functional groups attached to an aromatic ring is 1. The summed E-state index contributed by atoms with van der Waals surface area (Å²) >= 11 is 5.92. The van der Waals surface area contributed by atoms with E-state index in [0.717, 1.165) is 5.56 Å². The Kier molecular flexibility index (Phi) is 4.70. The molecular weight excluding hydrogens is 323 g/mol. The Morgan fingerprint density at radius 1 is 1.35 bits per heavy atom. The molecule has 2 aromatic rings. The minimum atomic E-state index is -0.772. The van der Waals surface area contributed by atoms with Crippen molar-refractivity contribution in [3.63, 3.8) is 0 Å². The Morgan fingerprint density at radius 3 is 2.57 bits per heavy atom. The van der Waals surface area contributed by atoms with E-state index in [4.69, 9.17) is 17.3 Å². The van der Waals surface area contributed by atoms with Gasteiger partial charge in [-0.1, -0.05) is 17.7 Å². The van der Waals surface area contributed by atoms with Crippen LogP contribution in [0.3, 0.4) is 0 Å². The third kappa shape index (κ3) is 3.05. The maximum atomic E-state index is 14.8. The van der Waals surface area contributed by atoms with E-state index in [9.17, 15) is 9.18 Å². The number of nitrogens with two attached hydrogens (primary N) is 1. The number of carbonyl (C=O) groups excluding carboxylic acids is 1. The Morgan fingerprint density at radius 2 is 2.00 bits per heavy atom. The SMILES string of the molecule is COC(=O)c1nc(-c2ccc(C)c(N(C)C)c2F)nc(N)c1Cl. The van der Waals surface area contributed by atoms with Crippen LogP contribution in [0.4, 0.5) is 15.9 Å². The lowest BCUT2D eigenvalue weighted by atomic mass is 10.1. The van der Waals surface area contributed by atoms with Gasteiger partial charge in [-0.05, 0) is 18.6 Å². The lowest BCUT2D eigenvalue weighted by Gasteiger charge is -2.18. The molecule has 0 aliphatic rings. The molecule has 1 aromatic carbocycles. The van der Waals surface area contributed by atoms with Gasteiger partial charge in [0.2, 0.25) is 0 Å². The third-order valence-electron chi connectivity index (χ3n) is 3.26. The Bertz CT molecular complexity index is 781. The second-order valence-electron chi connectivity index (χ2n) is 5.07. The van der Waals surface area contributed by atoms with Gasteiger partial charge in [-0.15, -0.1) is 0 Å². The van der Waals surface area contributed by atoms with Gasteiger partial charge in [0.1, 0.15) is 10.8 Å². The first-order valence-corrected chi connectivity index (χ1v) is 7.03. The van der Waals surface area contributed by atoms with E-state index in [2.05, 4.69) is 14.7 Å². The van der Waals surface area contributed by atoms with Crippen LogP contribution in [-0.2, 0) is 4.74 Å². The molecular formula is C15H16ClFN4O2. The van der Waals surface area contributed by atoms with Gasteiger partial charge in [0.25, 0.3) is 0 Å². The fourth-order valence-electron chi connectivity index (χ4n) is 2.20. The number of nitrogens with zero attached hydrogens (tertiary/aromatic N) is 3. The van der Waals surface area contributed by atoms with Crippen molar-refractivity contribution in [2.75, 3.05) is 31.8 Å². The van der Waals surface area contributed by atoms with Crippen LogP contribution in [-0.4, -0.2) is 37.1 Å².